The Kier molecular flexibility index (Phi) is 33.1. The minimum absolute atomic E-state index is 0.128. The van der Waals surface area contributed by atoms with Gasteiger partial charge in [-0.05, 0) is 280 Å². The molecule has 7 aromatic carbocycles. The van der Waals surface area contributed by atoms with Crippen LogP contribution in [-0.2, 0) is 68.6 Å². The zero-order valence-corrected chi connectivity index (χ0v) is 78.3. The van der Waals surface area contributed by atoms with Crippen molar-refractivity contribution in [1.29, 1.82) is 10.5 Å². The molecule has 0 bridgehead atoms. The van der Waals surface area contributed by atoms with Crippen LogP contribution in [0.25, 0.3) is 53.9 Å². The lowest BCUT2D eigenvalue weighted by Crippen LogP contribution is -2.31. The number of halogens is 2. The van der Waals surface area contributed by atoms with Gasteiger partial charge in [0.25, 0.3) is 11.4 Å². The van der Waals surface area contributed by atoms with Crippen LogP contribution in [0.15, 0.2) is 156 Å². The minimum Gasteiger partial charge on any atom is -0.289 e. The Morgan fingerprint density at radius 3 is 0.992 bits per heavy atom. The molecule has 0 spiro atoms. The number of hydrogen-bond acceptors (Lipinski definition) is 5. The first-order chi connectivity index (χ1) is 60.2. The number of hydrogen-bond donors (Lipinski definition) is 0. The van der Waals surface area contributed by atoms with Gasteiger partial charge in [0.1, 0.15) is 0 Å². The SMILES string of the molecule is [C-]#[N+]C(C#N)=C1/C(=C/c2cc3c(s2)-c2cc4c(cc2C3(c2cc(CCCCCC)cc(CCCCCC)c2)c2cc(CCCCCC)cc(CCCCCC)c2)-c2sc(/C=C3\C(=O)c5cc(Cl)c(Cl)cc5\C3=C(/C#N)[N+]#[C-])cc2C4(c2cc(CCCCCC)cc(CCCCCC)c2)c2cc(CCCCCC)cc(CCCCCC)c2)Cc2ccccc21. The van der Waals surface area contributed by atoms with Gasteiger partial charge in [-0.25, -0.2) is 20.2 Å². The van der Waals surface area contributed by atoms with Crippen LogP contribution in [0.2, 0.25) is 10.0 Å². The van der Waals surface area contributed by atoms with Crippen molar-refractivity contribution in [3.63, 3.8) is 0 Å². The van der Waals surface area contributed by atoms with E-state index in [4.69, 9.17) is 36.3 Å². The third-order valence-corrected chi connectivity index (χ3v) is 29.8. The standard InChI is InChI=1S/C114H130Cl2N4OS2/c1-11-19-27-35-45-78-55-79(46-36-28-20-12-2)60-88(59-78)113(89-61-80(47-37-29-21-13-3)56-81(62-89)48-38-30-22-14-4)100-73-98-101(72-97(100)111-102(113)70-92(122-111)68-87-67-86-53-43-44-54-94(86)108(87)106(76-117)119-9)114(90-63-82(49-39-31-23-15-5)57-83(64-90)50-40-32-24-16-6,91-65-84(51-41-33-25-17-7)58-85(66-91)52-42-34-26-18-8)103-71-93(123-112(98)103)69-99-109(107(77-118)120-10)95-74-104(115)105(116)75-96(95)110(99)121/h43-44,53-66,68-75H,11-42,45-52,67H2,1-8H3/b87-68+,99-69-,108-106?,109-107-. The molecule has 0 unspecified atom stereocenters. The first-order valence-electron chi connectivity index (χ1n) is 47.8. The number of Topliss-reactive ketones (excluding diaryl/α,β-unsaturated/α-hetero) is 1. The van der Waals surface area contributed by atoms with Gasteiger partial charge in [0.15, 0.2) is 5.78 Å². The molecule has 9 aromatic rings. The number of fused-ring (bicyclic) bond motifs is 8. The predicted molar refractivity (Wildman–Crippen MR) is 525 cm³/mol. The molecule has 0 fully saturated rings. The molecule has 2 heterocycles. The van der Waals surface area contributed by atoms with E-state index in [1.807, 2.05) is 23.5 Å². The van der Waals surface area contributed by atoms with Gasteiger partial charge in [0, 0.05) is 41.8 Å². The maximum Gasteiger partial charge on any atom is 0.270 e. The maximum absolute atomic E-state index is 15.6. The van der Waals surface area contributed by atoms with Crippen LogP contribution in [-0.4, -0.2) is 5.78 Å². The summed E-state index contributed by atoms with van der Waals surface area (Å²) in [5, 5.41) is 22.4. The molecule has 0 saturated carbocycles. The number of benzene rings is 7. The van der Waals surface area contributed by atoms with Gasteiger partial charge in [-0.2, -0.15) is 0 Å². The molecule has 0 atom stereocenters. The number of thiophene rings is 2. The number of carbonyl (C=O) groups is 1. The van der Waals surface area contributed by atoms with Gasteiger partial charge in [0.2, 0.25) is 0 Å². The van der Waals surface area contributed by atoms with Crippen molar-refractivity contribution < 1.29 is 4.79 Å². The Morgan fingerprint density at radius 2 is 0.675 bits per heavy atom. The van der Waals surface area contributed by atoms with E-state index in [1.165, 1.54) is 208 Å². The fourth-order valence-electron chi connectivity index (χ4n) is 20.6. The molecule has 123 heavy (non-hydrogen) atoms. The summed E-state index contributed by atoms with van der Waals surface area (Å²) in [5.41, 5.74) is 27.1. The van der Waals surface area contributed by atoms with Gasteiger partial charge in [-0.15, -0.1) is 22.7 Å². The second kappa shape index (κ2) is 44.3. The first kappa shape index (κ1) is 91.8. The number of nitrogens with zero attached hydrogens (tertiary/aromatic N) is 4. The largest absolute Gasteiger partial charge is 0.289 e. The van der Waals surface area contributed by atoms with E-state index in [1.54, 1.807) is 23.5 Å². The van der Waals surface area contributed by atoms with Crippen molar-refractivity contribution >= 4 is 75.0 Å². The highest BCUT2D eigenvalue weighted by molar-refractivity contribution is 7.17. The number of rotatable bonds is 46. The number of allylic oxidation sites excluding steroid dienone is 6. The van der Waals surface area contributed by atoms with Crippen LogP contribution in [0.4, 0.5) is 0 Å². The van der Waals surface area contributed by atoms with Crippen LogP contribution >= 0.6 is 45.9 Å². The van der Waals surface area contributed by atoms with Crippen LogP contribution in [0.3, 0.4) is 0 Å². The van der Waals surface area contributed by atoms with E-state index in [-0.39, 0.29) is 27.2 Å². The molecule has 638 valence electrons. The molecular weight excluding hydrogens is 1580 g/mol. The summed E-state index contributed by atoms with van der Waals surface area (Å²) in [5.74, 6) is -0.290. The molecule has 0 N–H and O–H groups in total. The highest BCUT2D eigenvalue weighted by Crippen LogP contribution is 2.66. The fraction of sp³-hybridized carbons (Fsp3) is 0.447. The topological polar surface area (TPSA) is 73.4 Å². The van der Waals surface area contributed by atoms with Gasteiger partial charge in [-0.3, -0.25) is 4.79 Å². The monoisotopic (exact) mass is 1700 g/mol. The van der Waals surface area contributed by atoms with Gasteiger partial charge in [0.05, 0.1) is 46.2 Å². The molecule has 9 heteroatoms. The summed E-state index contributed by atoms with van der Waals surface area (Å²) < 4.78 is 0. The minimum atomic E-state index is -0.927. The zero-order chi connectivity index (χ0) is 86.4. The molecule has 4 aliphatic carbocycles. The van der Waals surface area contributed by atoms with Crippen LogP contribution in [0.5, 0.6) is 0 Å². The summed E-state index contributed by atoms with van der Waals surface area (Å²) in [6.07, 6.45) is 49.9. The second-order valence-corrected chi connectivity index (χ2v) is 38.9. The number of unbranched alkanes of at least 4 members (excludes halogenated alkanes) is 24. The van der Waals surface area contributed by atoms with Crippen LogP contribution in [0, 0.1) is 35.8 Å². The maximum atomic E-state index is 15.6. The Hall–Kier alpha value is -8.89. The van der Waals surface area contributed by atoms with Gasteiger partial charge in [-0.1, -0.05) is 330 Å². The molecule has 0 saturated heterocycles. The van der Waals surface area contributed by atoms with Crippen LogP contribution < -0.4 is 0 Å². The number of carbonyl (C=O) groups excluding carboxylic acids is 1. The third kappa shape index (κ3) is 20.3. The molecule has 0 aliphatic heterocycles. The molecule has 0 amide bonds. The number of aryl methyl sites for hydroxylation is 8. The third-order valence-electron chi connectivity index (χ3n) is 26.8. The average molecular weight is 1710 g/mol. The van der Waals surface area contributed by atoms with E-state index in [9.17, 15) is 10.5 Å². The summed E-state index contributed by atoms with van der Waals surface area (Å²) in [7, 11) is 0. The molecular formula is C114H130Cl2N4OS2. The van der Waals surface area contributed by atoms with E-state index < -0.39 is 10.8 Å². The van der Waals surface area contributed by atoms with Crippen molar-refractivity contribution in [1.82, 2.24) is 0 Å². The quantitative estimate of drug-likeness (QED) is 0.0165. The van der Waals surface area contributed by atoms with E-state index in [0.717, 1.165) is 191 Å². The van der Waals surface area contributed by atoms with E-state index in [0.29, 0.717) is 28.7 Å². The molecule has 5 nitrogen and oxygen atoms in total. The summed E-state index contributed by atoms with van der Waals surface area (Å²) in [4.78, 5) is 27.8. The van der Waals surface area contributed by atoms with Gasteiger partial charge >= 0.3 is 0 Å². The van der Waals surface area contributed by atoms with Crippen LogP contribution in [0.1, 0.15) is 387 Å². The molecule has 13 rings (SSSR count). The molecule has 2 aromatic heterocycles. The Labute approximate surface area is 757 Å². The van der Waals surface area contributed by atoms with E-state index >= 15 is 4.79 Å². The fourth-order valence-corrected chi connectivity index (χ4v) is 23.3. The van der Waals surface area contributed by atoms with E-state index in [2.05, 4.69) is 199 Å². The molecule has 0 radical (unpaired) electrons. The van der Waals surface area contributed by atoms with Crippen molar-refractivity contribution in [2.45, 2.75) is 329 Å². The normalized spacial score (nSPS) is 15.2. The first-order valence-corrected chi connectivity index (χ1v) is 50.2. The Bertz CT molecular complexity index is 5280. The summed E-state index contributed by atoms with van der Waals surface area (Å²) in [6, 6.07) is 58.2. The zero-order valence-electron chi connectivity index (χ0n) is 75.1. The van der Waals surface area contributed by atoms with Gasteiger partial charge < -0.3 is 0 Å². The number of ketones is 1. The van der Waals surface area contributed by atoms with Crippen molar-refractivity contribution in [2.24, 2.45) is 0 Å². The molecule has 4 aliphatic rings. The smallest absolute Gasteiger partial charge is 0.270 e. The second-order valence-electron chi connectivity index (χ2n) is 36.0. The lowest BCUT2D eigenvalue weighted by atomic mass is 9.64. The van der Waals surface area contributed by atoms with Crippen molar-refractivity contribution in [3.05, 3.63) is 310 Å². The highest BCUT2D eigenvalue weighted by Gasteiger charge is 2.54. The summed E-state index contributed by atoms with van der Waals surface area (Å²) in [6.45, 7) is 35.6. The summed E-state index contributed by atoms with van der Waals surface area (Å²) >= 11 is 17.4. The number of nitriles is 2. The Morgan fingerprint density at radius 1 is 0.366 bits per heavy atom. The Balaban J connectivity index is 1.23. The lowest BCUT2D eigenvalue weighted by Gasteiger charge is -2.37. The predicted octanol–water partition coefficient (Wildman–Crippen LogP) is 34.1. The van der Waals surface area contributed by atoms with Crippen molar-refractivity contribution in [3.8, 4) is 33.0 Å². The lowest BCUT2D eigenvalue weighted by molar-refractivity contribution is 0.104. The highest BCUT2D eigenvalue weighted by atomic mass is 35.5. The average Bonchev–Trinajstić information content (AvgIpc) is 1.50. The van der Waals surface area contributed by atoms with Crippen molar-refractivity contribution in [2.75, 3.05) is 0 Å².